The molecule has 0 atom stereocenters. The Hall–Kier alpha value is -2.67. The average Bonchev–Trinajstić information content (AvgIpc) is 3.14. The molecule has 0 aliphatic rings. The van der Waals surface area contributed by atoms with Crippen molar-refractivity contribution in [3.05, 3.63) is 64.5 Å². The summed E-state index contributed by atoms with van der Waals surface area (Å²) < 4.78 is 17.3. The van der Waals surface area contributed by atoms with E-state index in [-0.39, 0.29) is 12.5 Å². The van der Waals surface area contributed by atoms with Gasteiger partial charge in [0.2, 0.25) is 5.89 Å². The molecule has 0 amide bonds. The fourth-order valence-electron chi connectivity index (χ4n) is 2.18. The molecule has 1 aromatic heterocycles. The second-order valence-electron chi connectivity index (χ2n) is 6.31. The quantitative estimate of drug-likeness (QED) is 0.496. The number of rotatable bonds is 7. The number of hydrogen-bond acceptors (Lipinski definition) is 6. The van der Waals surface area contributed by atoms with E-state index in [1.54, 1.807) is 24.3 Å². The number of carbonyl (C=O) groups excluding carboxylic acids is 1. The van der Waals surface area contributed by atoms with Crippen LogP contribution in [0, 0.1) is 5.92 Å². The molecule has 6 nitrogen and oxygen atoms in total. The molecule has 140 valence electrons. The van der Waals surface area contributed by atoms with E-state index in [1.807, 2.05) is 24.3 Å². The lowest BCUT2D eigenvalue weighted by atomic mass is 10.2. The van der Waals surface area contributed by atoms with Crippen LogP contribution < -0.4 is 4.74 Å². The first-order chi connectivity index (χ1) is 13.0. The molecule has 3 aromatic rings. The Balaban J connectivity index is 1.55. The van der Waals surface area contributed by atoms with Crippen LogP contribution in [0.4, 0.5) is 0 Å². The highest BCUT2D eigenvalue weighted by Crippen LogP contribution is 2.21. The largest absolute Gasteiger partial charge is 0.493 e. The van der Waals surface area contributed by atoms with E-state index in [2.05, 4.69) is 40.0 Å². The summed E-state index contributed by atoms with van der Waals surface area (Å²) in [5.41, 5.74) is 1.22. The summed E-state index contributed by atoms with van der Waals surface area (Å²) in [5, 5.41) is 7.88. The smallest absolute Gasteiger partial charge is 0.338 e. The summed E-state index contributed by atoms with van der Waals surface area (Å²) in [7, 11) is 0. The zero-order valence-electron chi connectivity index (χ0n) is 15.0. The fraction of sp³-hybridized carbons (Fsp3) is 0.250. The first-order valence-electron chi connectivity index (χ1n) is 8.49. The van der Waals surface area contributed by atoms with Gasteiger partial charge in [-0.3, -0.25) is 0 Å². The monoisotopic (exact) mass is 430 g/mol. The summed E-state index contributed by atoms with van der Waals surface area (Å²) in [5.74, 6) is 1.30. The standard InChI is InChI=1S/C20H19BrN2O4/c1-13(2)11-25-17-9-5-15(6-10-17)20(24)26-12-18-22-23-19(27-18)14-3-7-16(21)8-4-14/h3-10,13H,11-12H2,1-2H3. The molecule has 3 rings (SSSR count). The highest BCUT2D eigenvalue weighted by atomic mass is 79.9. The van der Waals surface area contributed by atoms with Crippen molar-refractivity contribution in [1.29, 1.82) is 0 Å². The van der Waals surface area contributed by atoms with Crippen molar-refractivity contribution in [1.82, 2.24) is 10.2 Å². The predicted molar refractivity (Wildman–Crippen MR) is 103 cm³/mol. The molecule has 2 aromatic carbocycles. The summed E-state index contributed by atoms with van der Waals surface area (Å²) in [6.07, 6.45) is 0. The molecule has 27 heavy (non-hydrogen) atoms. The lowest BCUT2D eigenvalue weighted by molar-refractivity contribution is 0.0438. The number of hydrogen-bond donors (Lipinski definition) is 0. The normalized spacial score (nSPS) is 10.8. The summed E-state index contributed by atoms with van der Waals surface area (Å²) in [6, 6.07) is 14.3. The number of ether oxygens (including phenoxy) is 2. The average molecular weight is 431 g/mol. The van der Waals surface area contributed by atoms with Gasteiger partial charge in [0.15, 0.2) is 6.61 Å². The van der Waals surface area contributed by atoms with Gasteiger partial charge in [0.05, 0.1) is 12.2 Å². The molecule has 0 aliphatic heterocycles. The molecule has 0 radical (unpaired) electrons. The van der Waals surface area contributed by atoms with Gasteiger partial charge in [-0.2, -0.15) is 0 Å². The van der Waals surface area contributed by atoms with Crippen LogP contribution in [-0.4, -0.2) is 22.8 Å². The van der Waals surface area contributed by atoms with E-state index in [4.69, 9.17) is 13.9 Å². The van der Waals surface area contributed by atoms with Gasteiger partial charge in [-0.15, -0.1) is 10.2 Å². The molecule has 0 N–H and O–H groups in total. The number of benzene rings is 2. The van der Waals surface area contributed by atoms with Crippen molar-refractivity contribution in [2.24, 2.45) is 5.92 Å². The molecule has 0 aliphatic carbocycles. The van der Waals surface area contributed by atoms with Crippen molar-refractivity contribution >= 4 is 21.9 Å². The molecule has 7 heteroatoms. The Morgan fingerprint density at radius 2 is 1.78 bits per heavy atom. The Morgan fingerprint density at radius 1 is 1.07 bits per heavy atom. The van der Waals surface area contributed by atoms with E-state index >= 15 is 0 Å². The maximum atomic E-state index is 12.2. The van der Waals surface area contributed by atoms with Crippen molar-refractivity contribution in [2.45, 2.75) is 20.5 Å². The van der Waals surface area contributed by atoms with Gasteiger partial charge in [0.25, 0.3) is 5.89 Å². The lowest BCUT2D eigenvalue weighted by Crippen LogP contribution is -2.07. The second-order valence-corrected chi connectivity index (χ2v) is 7.23. The molecule has 0 saturated heterocycles. The number of nitrogens with zero attached hydrogens (tertiary/aromatic N) is 2. The van der Waals surface area contributed by atoms with E-state index in [0.29, 0.717) is 24.0 Å². The van der Waals surface area contributed by atoms with E-state index in [1.165, 1.54) is 0 Å². The summed E-state index contributed by atoms with van der Waals surface area (Å²) in [4.78, 5) is 12.2. The molecular weight excluding hydrogens is 412 g/mol. The minimum absolute atomic E-state index is 0.0893. The van der Waals surface area contributed by atoms with Crippen molar-refractivity contribution in [3.63, 3.8) is 0 Å². The first-order valence-corrected chi connectivity index (χ1v) is 9.29. The second kappa shape index (κ2) is 8.81. The minimum atomic E-state index is -0.464. The maximum Gasteiger partial charge on any atom is 0.338 e. The SMILES string of the molecule is CC(C)COc1ccc(C(=O)OCc2nnc(-c3ccc(Br)cc3)o2)cc1. The van der Waals surface area contributed by atoms with Crippen molar-refractivity contribution in [3.8, 4) is 17.2 Å². The van der Waals surface area contributed by atoms with Gasteiger partial charge in [0.1, 0.15) is 5.75 Å². The van der Waals surface area contributed by atoms with Gasteiger partial charge in [-0.1, -0.05) is 29.8 Å². The van der Waals surface area contributed by atoms with Crippen LogP contribution in [0.5, 0.6) is 5.75 Å². The van der Waals surface area contributed by atoms with Crippen LogP contribution >= 0.6 is 15.9 Å². The zero-order chi connectivity index (χ0) is 19.2. The highest BCUT2D eigenvalue weighted by molar-refractivity contribution is 9.10. The van der Waals surface area contributed by atoms with E-state index in [9.17, 15) is 4.79 Å². The van der Waals surface area contributed by atoms with Gasteiger partial charge >= 0.3 is 5.97 Å². The van der Waals surface area contributed by atoms with E-state index < -0.39 is 5.97 Å². The fourth-order valence-corrected chi connectivity index (χ4v) is 2.45. The van der Waals surface area contributed by atoms with Gasteiger partial charge < -0.3 is 13.9 Å². The van der Waals surface area contributed by atoms with Gasteiger partial charge in [-0.25, -0.2) is 4.79 Å². The molecule has 0 fully saturated rings. The van der Waals surface area contributed by atoms with E-state index in [0.717, 1.165) is 15.8 Å². The summed E-state index contributed by atoms with van der Waals surface area (Å²) >= 11 is 3.37. The molecule has 0 bridgehead atoms. The Kier molecular flexibility index (Phi) is 6.24. The van der Waals surface area contributed by atoms with Gasteiger partial charge in [-0.05, 0) is 54.4 Å². The van der Waals surface area contributed by atoms with Crippen LogP contribution in [0.3, 0.4) is 0 Å². The van der Waals surface area contributed by atoms with Crippen molar-refractivity contribution < 1.29 is 18.7 Å². The predicted octanol–water partition coefficient (Wildman–Crippen LogP) is 4.89. The van der Waals surface area contributed by atoms with Crippen molar-refractivity contribution in [2.75, 3.05) is 6.61 Å². The zero-order valence-corrected chi connectivity index (χ0v) is 16.6. The maximum absolute atomic E-state index is 12.2. The number of aromatic nitrogens is 2. The third-order valence-corrected chi connectivity index (χ3v) is 4.09. The number of carbonyl (C=O) groups is 1. The molecule has 0 spiro atoms. The third kappa shape index (κ3) is 5.40. The minimum Gasteiger partial charge on any atom is -0.493 e. The third-order valence-electron chi connectivity index (χ3n) is 3.56. The Morgan fingerprint density at radius 3 is 2.44 bits per heavy atom. The summed E-state index contributed by atoms with van der Waals surface area (Å²) in [6.45, 7) is 4.69. The van der Waals surface area contributed by atoms with Crippen LogP contribution in [0.15, 0.2) is 57.4 Å². The molecule has 1 heterocycles. The molecule has 0 saturated carbocycles. The van der Waals surface area contributed by atoms with Gasteiger partial charge in [0, 0.05) is 10.0 Å². The van der Waals surface area contributed by atoms with Crippen LogP contribution in [-0.2, 0) is 11.3 Å². The Labute approximate surface area is 165 Å². The van der Waals surface area contributed by atoms with Crippen LogP contribution in [0.25, 0.3) is 11.5 Å². The number of halogens is 1. The molecular formula is C20H19BrN2O4. The molecule has 0 unspecified atom stereocenters. The topological polar surface area (TPSA) is 74.5 Å². The lowest BCUT2D eigenvalue weighted by Gasteiger charge is -2.09. The first kappa shape index (κ1) is 19.1. The van der Waals surface area contributed by atoms with Crippen LogP contribution in [0.2, 0.25) is 0 Å². The Bertz CT molecular complexity index is 889. The highest BCUT2D eigenvalue weighted by Gasteiger charge is 2.12. The van der Waals surface area contributed by atoms with Crippen LogP contribution in [0.1, 0.15) is 30.1 Å². The number of esters is 1.